The molecule has 0 unspecified atom stereocenters. The van der Waals surface area contributed by atoms with E-state index in [4.69, 9.17) is 0 Å². The van der Waals surface area contributed by atoms with Gasteiger partial charge < -0.3 is 0 Å². The quantitative estimate of drug-likeness (QED) is 0.840. The summed E-state index contributed by atoms with van der Waals surface area (Å²) < 4.78 is 61.0. The topological polar surface area (TPSA) is 54.5 Å². The van der Waals surface area contributed by atoms with Gasteiger partial charge in [-0.1, -0.05) is 17.7 Å². The number of benzene rings is 1. The number of halogens is 3. The van der Waals surface area contributed by atoms with Gasteiger partial charge in [0.05, 0.1) is 11.8 Å². The Morgan fingerprint density at radius 2 is 1.81 bits per heavy atom. The molecule has 0 spiro atoms. The molecule has 0 aromatic heterocycles. The number of amides is 1. The molecule has 114 valence electrons. The molecule has 0 fully saturated rings. The normalized spacial score (nSPS) is 20.5. The summed E-state index contributed by atoms with van der Waals surface area (Å²) in [7, 11) is -3.58. The second-order valence-corrected chi connectivity index (χ2v) is 6.67. The highest BCUT2D eigenvalue weighted by Gasteiger charge is 2.46. The van der Waals surface area contributed by atoms with Gasteiger partial charge in [0, 0.05) is 11.1 Å². The molecule has 0 saturated heterocycles. The van der Waals surface area contributed by atoms with Crippen LogP contribution in [0.3, 0.4) is 0 Å². The lowest BCUT2D eigenvalue weighted by Gasteiger charge is -2.28. The van der Waals surface area contributed by atoms with Crippen molar-refractivity contribution in [1.82, 2.24) is 0 Å². The van der Waals surface area contributed by atoms with Gasteiger partial charge in [0.2, 0.25) is 0 Å². The number of anilines is 1. The maximum atomic E-state index is 12.7. The van der Waals surface area contributed by atoms with E-state index in [1.807, 2.05) is 0 Å². The van der Waals surface area contributed by atoms with Crippen molar-refractivity contribution in [2.75, 3.05) is 10.7 Å². The Bertz CT molecular complexity index is 678. The van der Waals surface area contributed by atoms with E-state index >= 15 is 0 Å². The average molecular weight is 319 g/mol. The second-order valence-electron chi connectivity index (χ2n) is 4.73. The number of nitrogens with zero attached hydrogens (tertiary/aromatic N) is 1. The van der Waals surface area contributed by atoms with E-state index in [0.29, 0.717) is 4.90 Å². The van der Waals surface area contributed by atoms with Gasteiger partial charge >= 0.3 is 12.1 Å². The number of sulfone groups is 1. The Morgan fingerprint density at radius 3 is 2.24 bits per heavy atom. The molecule has 1 aromatic rings. The summed E-state index contributed by atoms with van der Waals surface area (Å²) in [6.07, 6.45) is -3.98. The Kier molecular flexibility index (Phi) is 3.83. The molecule has 4 nitrogen and oxygen atoms in total. The van der Waals surface area contributed by atoms with E-state index in [2.05, 4.69) is 0 Å². The minimum absolute atomic E-state index is 0.00896. The van der Waals surface area contributed by atoms with Crippen LogP contribution in [0.15, 0.2) is 35.7 Å². The fourth-order valence-corrected chi connectivity index (χ4v) is 3.29. The van der Waals surface area contributed by atoms with E-state index in [0.717, 1.165) is 17.0 Å². The molecule has 1 amide bonds. The van der Waals surface area contributed by atoms with Crippen LogP contribution in [0.2, 0.25) is 0 Å². The van der Waals surface area contributed by atoms with Crippen molar-refractivity contribution in [3.05, 3.63) is 41.3 Å². The Balaban J connectivity index is 2.43. The highest BCUT2D eigenvalue weighted by Crippen LogP contribution is 2.28. The number of carbonyl (C=O) groups excluding carboxylic acids is 1. The third-order valence-corrected chi connectivity index (χ3v) is 4.39. The van der Waals surface area contributed by atoms with Crippen LogP contribution >= 0.6 is 0 Å². The van der Waals surface area contributed by atoms with Crippen LogP contribution in [-0.2, 0) is 14.6 Å². The van der Waals surface area contributed by atoms with Crippen LogP contribution < -0.4 is 4.90 Å². The van der Waals surface area contributed by atoms with Gasteiger partial charge in [0.15, 0.2) is 9.84 Å². The van der Waals surface area contributed by atoms with Crippen LogP contribution in [0.4, 0.5) is 18.9 Å². The van der Waals surface area contributed by atoms with Crippen LogP contribution in [0.5, 0.6) is 0 Å². The molecular weight excluding hydrogens is 307 g/mol. The SMILES string of the molecule is Cc1ccc(N(C(=O)C(F)(F)F)[C@@H]2C=CS(=O)(=O)C2)cc1. The molecular formula is C13H12F3NO3S. The van der Waals surface area contributed by atoms with Gasteiger partial charge in [-0.2, -0.15) is 13.2 Å². The zero-order valence-corrected chi connectivity index (χ0v) is 11.8. The molecule has 0 saturated carbocycles. The van der Waals surface area contributed by atoms with E-state index in [1.54, 1.807) is 19.1 Å². The molecule has 0 radical (unpaired) electrons. The molecule has 8 heteroatoms. The molecule has 21 heavy (non-hydrogen) atoms. The second kappa shape index (κ2) is 5.18. The summed E-state index contributed by atoms with van der Waals surface area (Å²) in [5.41, 5.74) is 0.822. The number of hydrogen-bond acceptors (Lipinski definition) is 3. The summed E-state index contributed by atoms with van der Waals surface area (Å²) in [6.45, 7) is 1.75. The largest absolute Gasteiger partial charge is 0.471 e. The van der Waals surface area contributed by atoms with Crippen LogP contribution in [-0.4, -0.2) is 32.3 Å². The van der Waals surface area contributed by atoms with Crippen molar-refractivity contribution < 1.29 is 26.4 Å². The fourth-order valence-electron chi connectivity index (χ4n) is 2.02. The first-order valence-corrected chi connectivity index (χ1v) is 7.70. The minimum Gasteiger partial charge on any atom is -0.297 e. The molecule has 2 rings (SSSR count). The van der Waals surface area contributed by atoms with E-state index < -0.39 is 33.7 Å². The molecule has 0 N–H and O–H groups in total. The zero-order chi connectivity index (χ0) is 15.8. The van der Waals surface area contributed by atoms with Gasteiger partial charge in [-0.3, -0.25) is 9.69 Å². The lowest BCUT2D eigenvalue weighted by atomic mass is 10.1. The monoisotopic (exact) mass is 319 g/mol. The van der Waals surface area contributed by atoms with Gasteiger partial charge in [-0.25, -0.2) is 8.42 Å². The Hall–Kier alpha value is -1.83. The van der Waals surface area contributed by atoms with Gasteiger partial charge in [-0.05, 0) is 25.1 Å². The predicted molar refractivity (Wildman–Crippen MR) is 71.4 cm³/mol. The third kappa shape index (κ3) is 3.44. The van der Waals surface area contributed by atoms with E-state index in [1.165, 1.54) is 12.1 Å². The lowest BCUT2D eigenvalue weighted by molar-refractivity contribution is -0.170. The maximum Gasteiger partial charge on any atom is 0.471 e. The van der Waals surface area contributed by atoms with Crippen molar-refractivity contribution in [2.24, 2.45) is 0 Å². The summed E-state index contributed by atoms with van der Waals surface area (Å²) in [5.74, 6) is -2.64. The first-order valence-electron chi connectivity index (χ1n) is 5.98. The third-order valence-electron chi connectivity index (χ3n) is 3.02. The maximum absolute atomic E-state index is 12.7. The van der Waals surface area contributed by atoms with E-state index in [9.17, 15) is 26.4 Å². The Labute approximate surface area is 119 Å². The van der Waals surface area contributed by atoms with Gasteiger partial charge in [-0.15, -0.1) is 0 Å². The summed E-state index contributed by atoms with van der Waals surface area (Å²) in [4.78, 5) is 12.1. The summed E-state index contributed by atoms with van der Waals surface area (Å²) in [5, 5.41) is 0.836. The molecule has 1 atom stereocenters. The van der Waals surface area contributed by atoms with Crippen LogP contribution in [0, 0.1) is 6.92 Å². The summed E-state index contributed by atoms with van der Waals surface area (Å²) >= 11 is 0. The fraction of sp³-hybridized carbons (Fsp3) is 0.308. The first kappa shape index (κ1) is 15.6. The van der Waals surface area contributed by atoms with Gasteiger partial charge in [0.1, 0.15) is 0 Å². The average Bonchev–Trinajstić information content (AvgIpc) is 2.71. The molecule has 0 aliphatic carbocycles. The molecule has 1 heterocycles. The molecule has 1 aromatic carbocycles. The van der Waals surface area contributed by atoms with Crippen molar-refractivity contribution >= 4 is 21.4 Å². The molecule has 1 aliphatic heterocycles. The smallest absolute Gasteiger partial charge is 0.297 e. The first-order chi connectivity index (χ1) is 9.60. The lowest BCUT2D eigenvalue weighted by Crippen LogP contribution is -2.47. The molecule has 1 aliphatic rings. The van der Waals surface area contributed by atoms with Crippen molar-refractivity contribution in [1.29, 1.82) is 0 Å². The predicted octanol–water partition coefficient (Wildman–Crippen LogP) is 2.20. The van der Waals surface area contributed by atoms with Crippen molar-refractivity contribution in [2.45, 2.75) is 19.1 Å². The van der Waals surface area contributed by atoms with Crippen LogP contribution in [0.25, 0.3) is 0 Å². The minimum atomic E-state index is -5.08. The highest BCUT2D eigenvalue weighted by atomic mass is 32.2. The zero-order valence-electron chi connectivity index (χ0n) is 11.0. The highest BCUT2D eigenvalue weighted by molar-refractivity contribution is 7.94. The molecule has 0 bridgehead atoms. The summed E-state index contributed by atoms with van der Waals surface area (Å²) in [6, 6.07) is 4.67. The Morgan fingerprint density at radius 1 is 1.24 bits per heavy atom. The number of alkyl halides is 3. The number of rotatable bonds is 2. The number of hydrogen-bond donors (Lipinski definition) is 0. The van der Waals surface area contributed by atoms with Crippen LogP contribution in [0.1, 0.15) is 5.56 Å². The van der Waals surface area contributed by atoms with Gasteiger partial charge in [0.25, 0.3) is 0 Å². The van der Waals surface area contributed by atoms with Crippen molar-refractivity contribution in [3.63, 3.8) is 0 Å². The number of aryl methyl sites for hydroxylation is 1. The van der Waals surface area contributed by atoms with Crippen molar-refractivity contribution in [3.8, 4) is 0 Å². The number of carbonyl (C=O) groups is 1. The van der Waals surface area contributed by atoms with E-state index in [-0.39, 0.29) is 5.69 Å². The standard InChI is InChI=1S/C13H12F3NO3S/c1-9-2-4-10(5-3-9)17(12(18)13(14,15)16)11-6-7-21(19,20)8-11/h2-7,11H,8H2,1H3/t11-/m1/s1.